The van der Waals surface area contributed by atoms with Crippen molar-refractivity contribution in [2.24, 2.45) is 0 Å². The molecule has 0 unspecified atom stereocenters. The van der Waals surface area contributed by atoms with Crippen molar-refractivity contribution in [3.8, 4) is 11.5 Å². The first-order valence-corrected chi connectivity index (χ1v) is 5.87. The largest absolute Gasteiger partial charge is 2.00 e. The van der Waals surface area contributed by atoms with E-state index in [9.17, 15) is 4.57 Å². The zero-order valence-electron chi connectivity index (χ0n) is 13.9. The predicted molar refractivity (Wildman–Crippen MR) is 77.7 cm³/mol. The van der Waals surface area contributed by atoms with Crippen LogP contribution in [0, 0.1) is 0 Å². The molecule has 0 N–H and O–H groups in total. The smallest absolute Gasteiger partial charge is 1.00 e. The number of benzene rings is 2. The van der Waals surface area contributed by atoms with Crippen molar-refractivity contribution < 1.29 is 19.3 Å². The van der Waals surface area contributed by atoms with E-state index in [1.165, 1.54) is 0 Å². The quantitative estimate of drug-likeness (QED) is 0.639. The molecule has 0 amide bonds. The van der Waals surface area contributed by atoms with Crippen LogP contribution in [0.3, 0.4) is 0 Å². The molecule has 2 aromatic carbocycles. The molecule has 0 atom stereocenters. The molecule has 0 bridgehead atoms. The summed E-state index contributed by atoms with van der Waals surface area (Å²) in [4.78, 5) is 0. The van der Waals surface area contributed by atoms with Crippen molar-refractivity contribution in [2.45, 2.75) is 0 Å². The third-order valence-electron chi connectivity index (χ3n) is 1.85. The summed E-state index contributed by atoms with van der Waals surface area (Å²) in [6, 6.07) is 17.8. The maximum absolute atomic E-state index is 11.5. The standard InChI is InChI=1S/C12H10O3P.2Ca.4H/c13-16(14-11-7-3-1-4-8-11)15-12-9-5-2-6-10-12;;;;;;/h1-10H;;;;;;/q+1;2*+2;4*-1. The third kappa shape index (κ3) is 6.72. The Balaban J connectivity index is -0.000000161. The number of hydrogen-bond acceptors (Lipinski definition) is 3. The van der Waals surface area contributed by atoms with Gasteiger partial charge in [-0.1, -0.05) is 36.4 Å². The minimum Gasteiger partial charge on any atom is -1.00 e. The summed E-state index contributed by atoms with van der Waals surface area (Å²) in [5.74, 6) is 1.05. The van der Waals surface area contributed by atoms with Crippen LogP contribution in [0.15, 0.2) is 60.7 Å². The second-order valence-corrected chi connectivity index (χ2v) is 3.84. The molecule has 0 aliphatic rings. The van der Waals surface area contributed by atoms with Crippen LogP contribution >= 0.6 is 8.25 Å². The monoisotopic (exact) mass is 317 g/mol. The van der Waals surface area contributed by atoms with E-state index in [4.69, 9.17) is 9.05 Å². The summed E-state index contributed by atoms with van der Waals surface area (Å²) in [5, 5.41) is 0. The molecule has 0 aromatic heterocycles. The first-order valence-electron chi connectivity index (χ1n) is 4.78. The van der Waals surface area contributed by atoms with Gasteiger partial charge in [0.1, 0.15) is 0 Å². The Morgan fingerprint density at radius 2 is 1.06 bits per heavy atom. The third-order valence-corrected chi connectivity index (χ3v) is 2.57. The average molecular weight is 317 g/mol. The molecule has 2 aromatic rings. The van der Waals surface area contributed by atoms with Crippen molar-refractivity contribution in [1.82, 2.24) is 0 Å². The predicted octanol–water partition coefficient (Wildman–Crippen LogP) is 3.49. The molecule has 2 rings (SSSR count). The van der Waals surface area contributed by atoms with E-state index in [2.05, 4.69) is 0 Å². The van der Waals surface area contributed by atoms with E-state index in [0.29, 0.717) is 11.5 Å². The maximum atomic E-state index is 11.5. The van der Waals surface area contributed by atoms with E-state index in [1.54, 1.807) is 48.5 Å². The molecular weight excluding hydrogens is 303 g/mol. The van der Waals surface area contributed by atoms with Crippen LogP contribution in [-0.2, 0) is 4.57 Å². The normalized spacial score (nSPS) is 8.44. The zero-order chi connectivity index (χ0) is 11.2. The summed E-state index contributed by atoms with van der Waals surface area (Å²) in [6.07, 6.45) is 0. The van der Waals surface area contributed by atoms with Gasteiger partial charge in [0.15, 0.2) is 11.5 Å². The number of para-hydroxylation sites is 2. The first-order chi connectivity index (χ1) is 7.84. The zero-order valence-corrected chi connectivity index (χ0v) is 15.2. The molecule has 88 valence electrons. The van der Waals surface area contributed by atoms with Gasteiger partial charge in [0.05, 0.1) is 0 Å². The van der Waals surface area contributed by atoms with E-state index in [0.717, 1.165) is 0 Å². The van der Waals surface area contributed by atoms with Crippen molar-refractivity contribution >= 4 is 83.7 Å². The van der Waals surface area contributed by atoms with E-state index in [1.807, 2.05) is 12.1 Å². The van der Waals surface area contributed by atoms with Crippen molar-refractivity contribution in [2.75, 3.05) is 0 Å². The molecule has 0 aliphatic heterocycles. The number of hydrogen-bond donors (Lipinski definition) is 0. The van der Waals surface area contributed by atoms with E-state index < -0.39 is 8.25 Å². The molecule has 0 spiro atoms. The second-order valence-electron chi connectivity index (χ2n) is 3.03. The van der Waals surface area contributed by atoms with Crippen molar-refractivity contribution in [3.05, 3.63) is 60.7 Å². The summed E-state index contributed by atoms with van der Waals surface area (Å²) in [5.41, 5.74) is 0. The fraction of sp³-hybridized carbons (Fsp3) is 0. The molecule has 0 aliphatic carbocycles. The summed E-state index contributed by atoms with van der Waals surface area (Å²) >= 11 is 0. The van der Waals surface area contributed by atoms with Gasteiger partial charge in [0.25, 0.3) is 0 Å². The minimum absolute atomic E-state index is 0. The summed E-state index contributed by atoms with van der Waals surface area (Å²) in [6.45, 7) is 0. The van der Waals surface area contributed by atoms with Crippen LogP contribution in [0.2, 0.25) is 0 Å². The van der Waals surface area contributed by atoms with Crippen LogP contribution in [0.4, 0.5) is 0 Å². The van der Waals surface area contributed by atoms with Gasteiger partial charge in [-0.15, -0.1) is 0 Å². The van der Waals surface area contributed by atoms with Crippen molar-refractivity contribution in [3.63, 3.8) is 0 Å². The summed E-state index contributed by atoms with van der Waals surface area (Å²) < 4.78 is 21.7. The van der Waals surface area contributed by atoms with Gasteiger partial charge < -0.3 is 5.71 Å². The molecule has 0 radical (unpaired) electrons. The average Bonchev–Trinajstić information content (AvgIpc) is 2.31. The molecule has 0 heterocycles. The van der Waals surface area contributed by atoms with Gasteiger partial charge in [-0.2, -0.15) is 0 Å². The Kier molecular flexibility index (Phi) is 10.8. The maximum Gasteiger partial charge on any atom is 2.00 e. The van der Waals surface area contributed by atoms with Gasteiger partial charge in [0.2, 0.25) is 0 Å². The molecular formula is C12H14Ca2O3P+. The molecule has 0 saturated heterocycles. The minimum atomic E-state index is -2.18. The van der Waals surface area contributed by atoms with Crippen LogP contribution in [0.5, 0.6) is 11.5 Å². The molecule has 18 heavy (non-hydrogen) atoms. The van der Waals surface area contributed by atoms with Crippen molar-refractivity contribution in [1.29, 1.82) is 0 Å². The topological polar surface area (TPSA) is 35.5 Å². The second kappa shape index (κ2) is 10.4. The Morgan fingerprint density at radius 1 is 0.722 bits per heavy atom. The number of rotatable bonds is 4. The molecule has 6 heteroatoms. The Hall–Kier alpha value is 0.659. The first kappa shape index (κ1) is 18.7. The van der Waals surface area contributed by atoms with Gasteiger partial charge in [0, 0.05) is 4.57 Å². The summed E-state index contributed by atoms with van der Waals surface area (Å²) in [7, 11) is -2.18. The van der Waals surface area contributed by atoms with Gasteiger partial charge in [-0.25, -0.2) is 9.05 Å². The fourth-order valence-corrected chi connectivity index (χ4v) is 1.78. The van der Waals surface area contributed by atoms with E-state index in [-0.39, 0.29) is 81.2 Å². The van der Waals surface area contributed by atoms with Crippen LogP contribution in [0.25, 0.3) is 0 Å². The SMILES string of the molecule is O=[P+](Oc1ccccc1)Oc1ccccc1.[Ca+2].[Ca+2].[H-].[H-].[H-].[H-]. The Labute approximate surface area is 173 Å². The van der Waals surface area contributed by atoms with E-state index >= 15 is 0 Å². The van der Waals surface area contributed by atoms with Crippen LogP contribution < -0.4 is 9.05 Å². The molecule has 0 fully saturated rings. The van der Waals surface area contributed by atoms with Gasteiger partial charge >= 0.3 is 83.7 Å². The van der Waals surface area contributed by atoms with Gasteiger partial charge in [-0.3, -0.25) is 0 Å². The Morgan fingerprint density at radius 3 is 1.39 bits per heavy atom. The fourth-order valence-electron chi connectivity index (χ4n) is 1.15. The molecule has 0 saturated carbocycles. The van der Waals surface area contributed by atoms with Crippen LogP contribution in [0.1, 0.15) is 5.71 Å². The van der Waals surface area contributed by atoms with Gasteiger partial charge in [-0.05, 0) is 24.3 Å². The van der Waals surface area contributed by atoms with Crippen LogP contribution in [-0.4, -0.2) is 75.5 Å². The Bertz CT molecular complexity index is 437. The molecule has 3 nitrogen and oxygen atoms in total.